The predicted molar refractivity (Wildman–Crippen MR) is 184 cm³/mol. The van der Waals surface area contributed by atoms with Crippen molar-refractivity contribution < 1.29 is 0 Å². The maximum absolute atomic E-state index is 7.77. The van der Waals surface area contributed by atoms with E-state index >= 15 is 0 Å². The standard InChI is InChI=1S/C41H23N3/c1-42-35-23-22-32(25-12-2-4-14-27(25)35)39-28-15-5-7-17-30(28)40(31-18-8-6-16-29(31)39)34-24-38-41(33-19-9-3-13-26(33)34)44-37-21-11-10-20-36(37)43-38/h2-24H. The third-order valence-corrected chi connectivity index (χ3v) is 8.84. The van der Waals surface area contributed by atoms with Crippen molar-refractivity contribution in [3.8, 4) is 22.3 Å². The molecule has 8 aromatic carbocycles. The minimum Gasteiger partial charge on any atom is -0.244 e. The Bertz CT molecular complexity index is 2620. The van der Waals surface area contributed by atoms with Crippen molar-refractivity contribution in [3.05, 3.63) is 151 Å². The average Bonchev–Trinajstić information content (AvgIpc) is 3.09. The summed E-state index contributed by atoms with van der Waals surface area (Å²) in [5.41, 5.74) is 8.91. The minimum atomic E-state index is 0.672. The maximum atomic E-state index is 7.77. The molecule has 3 nitrogen and oxygen atoms in total. The highest BCUT2D eigenvalue weighted by molar-refractivity contribution is 6.27. The fraction of sp³-hybridized carbons (Fsp3) is 0. The van der Waals surface area contributed by atoms with Crippen molar-refractivity contribution in [1.29, 1.82) is 0 Å². The Labute approximate surface area is 253 Å². The summed E-state index contributed by atoms with van der Waals surface area (Å²) in [7, 11) is 0. The second-order valence-electron chi connectivity index (χ2n) is 11.2. The Balaban J connectivity index is 1.46. The maximum Gasteiger partial charge on any atom is 0.194 e. The first-order valence-electron chi connectivity index (χ1n) is 14.7. The van der Waals surface area contributed by atoms with E-state index in [2.05, 4.69) is 108 Å². The van der Waals surface area contributed by atoms with Crippen LogP contribution in [0, 0.1) is 6.57 Å². The van der Waals surface area contributed by atoms with Crippen molar-refractivity contribution in [2.45, 2.75) is 0 Å². The average molecular weight is 558 g/mol. The molecule has 0 aliphatic heterocycles. The predicted octanol–water partition coefficient (Wildman–Crippen LogP) is 11.3. The van der Waals surface area contributed by atoms with E-state index in [-0.39, 0.29) is 0 Å². The molecule has 0 N–H and O–H groups in total. The van der Waals surface area contributed by atoms with Gasteiger partial charge in [0.15, 0.2) is 5.69 Å². The molecule has 0 unspecified atom stereocenters. The van der Waals surface area contributed by atoms with Crippen LogP contribution in [-0.2, 0) is 0 Å². The third-order valence-electron chi connectivity index (χ3n) is 8.84. The summed E-state index contributed by atoms with van der Waals surface area (Å²) in [5.74, 6) is 0. The normalized spacial score (nSPS) is 11.6. The van der Waals surface area contributed by atoms with E-state index in [0.717, 1.165) is 54.7 Å². The molecule has 1 aromatic heterocycles. The molecule has 9 rings (SSSR count). The van der Waals surface area contributed by atoms with Gasteiger partial charge in [0.2, 0.25) is 0 Å². The Morgan fingerprint density at radius 2 is 0.841 bits per heavy atom. The van der Waals surface area contributed by atoms with E-state index in [4.69, 9.17) is 16.5 Å². The van der Waals surface area contributed by atoms with E-state index in [0.29, 0.717) is 5.69 Å². The van der Waals surface area contributed by atoms with Crippen molar-refractivity contribution in [2.75, 3.05) is 0 Å². The van der Waals surface area contributed by atoms with Crippen molar-refractivity contribution in [2.24, 2.45) is 0 Å². The van der Waals surface area contributed by atoms with Crippen LogP contribution in [0.4, 0.5) is 5.69 Å². The second kappa shape index (κ2) is 9.46. The van der Waals surface area contributed by atoms with Gasteiger partial charge in [-0.1, -0.05) is 121 Å². The van der Waals surface area contributed by atoms with Crippen LogP contribution in [0.1, 0.15) is 0 Å². The van der Waals surface area contributed by atoms with Crippen LogP contribution in [-0.4, -0.2) is 9.97 Å². The Morgan fingerprint density at radius 1 is 0.386 bits per heavy atom. The Morgan fingerprint density at radius 3 is 1.43 bits per heavy atom. The lowest BCUT2D eigenvalue weighted by atomic mass is 9.83. The van der Waals surface area contributed by atoms with E-state index in [1.165, 1.54) is 32.7 Å². The summed E-state index contributed by atoms with van der Waals surface area (Å²) in [4.78, 5) is 14.0. The minimum absolute atomic E-state index is 0.672. The van der Waals surface area contributed by atoms with E-state index < -0.39 is 0 Å². The van der Waals surface area contributed by atoms with Gasteiger partial charge in [0.1, 0.15) is 0 Å². The summed E-state index contributed by atoms with van der Waals surface area (Å²) >= 11 is 0. The molecular formula is C41H23N3. The van der Waals surface area contributed by atoms with Crippen LogP contribution in [0.2, 0.25) is 0 Å². The molecule has 0 bridgehead atoms. The lowest BCUT2D eigenvalue weighted by Gasteiger charge is -2.20. The largest absolute Gasteiger partial charge is 0.244 e. The van der Waals surface area contributed by atoms with E-state index in [9.17, 15) is 0 Å². The molecule has 0 atom stereocenters. The number of para-hydroxylation sites is 2. The molecule has 3 heteroatoms. The summed E-state index contributed by atoms with van der Waals surface area (Å²) in [6.45, 7) is 7.77. The molecule has 9 aromatic rings. The number of hydrogen-bond donors (Lipinski definition) is 0. The molecule has 44 heavy (non-hydrogen) atoms. The van der Waals surface area contributed by atoms with Crippen LogP contribution >= 0.6 is 0 Å². The summed E-state index contributed by atoms with van der Waals surface area (Å²) in [5, 5.41) is 9.02. The SMILES string of the molecule is [C-]#[N+]c1ccc(-c2c3ccccc3c(-c3cc4nc5ccccc5nc4c4ccccc34)c3ccccc23)c2ccccc12. The molecule has 0 aliphatic rings. The molecular weight excluding hydrogens is 534 g/mol. The second-order valence-corrected chi connectivity index (χ2v) is 11.2. The van der Waals surface area contributed by atoms with Crippen molar-refractivity contribution in [3.63, 3.8) is 0 Å². The first-order valence-corrected chi connectivity index (χ1v) is 14.7. The summed E-state index contributed by atoms with van der Waals surface area (Å²) in [6.07, 6.45) is 0. The number of benzene rings is 8. The molecule has 0 saturated carbocycles. The zero-order chi connectivity index (χ0) is 29.2. The van der Waals surface area contributed by atoms with Crippen LogP contribution in [0.5, 0.6) is 0 Å². The van der Waals surface area contributed by atoms with Crippen LogP contribution < -0.4 is 0 Å². The molecule has 1 heterocycles. The van der Waals surface area contributed by atoms with E-state index in [1.54, 1.807) is 0 Å². The number of aromatic nitrogens is 2. The Hall–Kier alpha value is -6.11. The van der Waals surface area contributed by atoms with Gasteiger partial charge in [-0.2, -0.15) is 0 Å². The number of fused-ring (bicyclic) bond motifs is 7. The van der Waals surface area contributed by atoms with Crippen molar-refractivity contribution >= 4 is 70.8 Å². The van der Waals surface area contributed by atoms with Gasteiger partial charge >= 0.3 is 0 Å². The smallest absolute Gasteiger partial charge is 0.194 e. The number of nitrogens with zero attached hydrogens (tertiary/aromatic N) is 3. The number of hydrogen-bond acceptors (Lipinski definition) is 2. The fourth-order valence-corrected chi connectivity index (χ4v) is 6.97. The molecule has 0 spiro atoms. The molecule has 0 saturated heterocycles. The van der Waals surface area contributed by atoms with Gasteiger partial charge in [0, 0.05) is 5.39 Å². The monoisotopic (exact) mass is 557 g/mol. The van der Waals surface area contributed by atoms with Crippen LogP contribution in [0.25, 0.3) is 92.3 Å². The van der Waals surface area contributed by atoms with Crippen molar-refractivity contribution in [1.82, 2.24) is 9.97 Å². The van der Waals surface area contributed by atoms with Gasteiger partial charge in [-0.3, -0.25) is 0 Å². The molecule has 0 radical (unpaired) electrons. The summed E-state index contributed by atoms with van der Waals surface area (Å²) in [6, 6.07) is 48.6. The van der Waals surface area contributed by atoms with Gasteiger partial charge in [-0.25, -0.2) is 14.8 Å². The lowest BCUT2D eigenvalue weighted by Crippen LogP contribution is -1.94. The first kappa shape index (κ1) is 24.5. The van der Waals surface area contributed by atoms with Crippen LogP contribution in [0.3, 0.4) is 0 Å². The highest BCUT2D eigenvalue weighted by Crippen LogP contribution is 2.48. The molecule has 0 amide bonds. The topological polar surface area (TPSA) is 30.1 Å². The van der Waals surface area contributed by atoms with Gasteiger partial charge in [-0.05, 0) is 78.2 Å². The van der Waals surface area contributed by atoms with Crippen LogP contribution in [0.15, 0.2) is 140 Å². The highest BCUT2D eigenvalue weighted by atomic mass is 14.8. The van der Waals surface area contributed by atoms with Gasteiger partial charge in [-0.15, -0.1) is 0 Å². The molecule has 202 valence electrons. The quantitative estimate of drug-likeness (QED) is 0.120. The zero-order valence-electron chi connectivity index (χ0n) is 23.6. The number of rotatable bonds is 2. The zero-order valence-corrected chi connectivity index (χ0v) is 23.6. The first-order chi connectivity index (χ1) is 21.8. The molecule has 0 fully saturated rings. The molecule has 0 aliphatic carbocycles. The van der Waals surface area contributed by atoms with Gasteiger partial charge < -0.3 is 0 Å². The fourth-order valence-electron chi connectivity index (χ4n) is 6.97. The lowest BCUT2D eigenvalue weighted by molar-refractivity contribution is 1.41. The van der Waals surface area contributed by atoms with Gasteiger partial charge in [0.25, 0.3) is 0 Å². The van der Waals surface area contributed by atoms with E-state index in [1.807, 2.05) is 36.4 Å². The highest BCUT2D eigenvalue weighted by Gasteiger charge is 2.21. The third kappa shape index (κ3) is 3.49. The summed E-state index contributed by atoms with van der Waals surface area (Å²) < 4.78 is 0. The Kier molecular flexibility index (Phi) is 5.26. The van der Waals surface area contributed by atoms with Gasteiger partial charge in [0.05, 0.1) is 28.6 Å².